The molecule has 2 rings (SSSR count). The highest BCUT2D eigenvalue weighted by Gasteiger charge is 2.19. The van der Waals surface area contributed by atoms with Crippen LogP contribution in [0.2, 0.25) is 0 Å². The summed E-state index contributed by atoms with van der Waals surface area (Å²) in [7, 11) is 3.47. The van der Waals surface area contributed by atoms with E-state index in [4.69, 9.17) is 0 Å². The van der Waals surface area contributed by atoms with Crippen LogP contribution in [0.1, 0.15) is 17.2 Å². The van der Waals surface area contributed by atoms with Crippen LogP contribution >= 0.6 is 0 Å². The fourth-order valence-electron chi connectivity index (χ4n) is 2.40. The molecule has 136 valence electrons. The van der Waals surface area contributed by atoms with E-state index >= 15 is 0 Å². The quantitative estimate of drug-likeness (QED) is 0.592. The Morgan fingerprint density at radius 2 is 2.04 bits per heavy atom. The smallest absolute Gasteiger partial charge is 0.268 e. The lowest BCUT2D eigenvalue weighted by Gasteiger charge is -2.22. The first kappa shape index (κ1) is 19.3. The predicted octanol–water partition coefficient (Wildman–Crippen LogP) is 2.53. The van der Waals surface area contributed by atoms with Gasteiger partial charge in [0.1, 0.15) is 11.5 Å². The highest BCUT2D eigenvalue weighted by atomic mass is 19.1. The van der Waals surface area contributed by atoms with Gasteiger partial charge in [-0.15, -0.1) is 0 Å². The van der Waals surface area contributed by atoms with Gasteiger partial charge in [0.2, 0.25) is 0 Å². The first-order valence-corrected chi connectivity index (χ1v) is 8.08. The third-order valence-electron chi connectivity index (χ3n) is 3.82. The van der Waals surface area contributed by atoms with Crippen molar-refractivity contribution in [3.05, 3.63) is 84.1 Å². The average molecular weight is 355 g/mol. The largest absolute Gasteiger partial charge is 0.394 e. The zero-order chi connectivity index (χ0) is 19.1. The molecule has 0 radical (unpaired) electrons. The van der Waals surface area contributed by atoms with E-state index < -0.39 is 17.8 Å². The standard InChI is InChI=1S/C20H22FN3O2/c1-14(15-7-9-22-10-8-15)11-19(24(2)3)20(26)23-18(13-25)16-5-4-6-17(21)12-16/h4-12,18,25H,1,13H2,2-3H3,(H,23,26)/b19-11-. The van der Waals surface area contributed by atoms with Crippen LogP contribution in [0.5, 0.6) is 0 Å². The molecule has 0 saturated carbocycles. The van der Waals surface area contributed by atoms with Crippen molar-refractivity contribution in [2.24, 2.45) is 0 Å². The van der Waals surface area contributed by atoms with Crippen molar-refractivity contribution in [1.82, 2.24) is 15.2 Å². The molecule has 0 aliphatic heterocycles. The molecular formula is C20H22FN3O2. The highest BCUT2D eigenvalue weighted by Crippen LogP contribution is 2.18. The molecule has 26 heavy (non-hydrogen) atoms. The number of nitrogens with one attached hydrogen (secondary N) is 1. The van der Waals surface area contributed by atoms with Crippen LogP contribution in [-0.4, -0.2) is 41.6 Å². The van der Waals surface area contributed by atoms with Crippen molar-refractivity contribution in [3.8, 4) is 0 Å². The van der Waals surface area contributed by atoms with E-state index in [2.05, 4.69) is 16.9 Å². The second-order valence-electron chi connectivity index (χ2n) is 5.95. The first-order valence-electron chi connectivity index (χ1n) is 8.08. The van der Waals surface area contributed by atoms with Gasteiger partial charge in [0.05, 0.1) is 12.6 Å². The summed E-state index contributed by atoms with van der Waals surface area (Å²) >= 11 is 0. The Bertz CT molecular complexity index is 804. The molecule has 1 heterocycles. The number of aliphatic hydroxyl groups is 1. The maximum atomic E-state index is 13.4. The molecule has 6 heteroatoms. The van der Waals surface area contributed by atoms with Gasteiger partial charge in [-0.1, -0.05) is 18.7 Å². The molecule has 5 nitrogen and oxygen atoms in total. The second kappa shape index (κ2) is 8.92. The maximum Gasteiger partial charge on any atom is 0.268 e. The number of amides is 1. The SMILES string of the molecule is C=C(/C=C(/C(=O)NC(CO)c1cccc(F)c1)N(C)C)c1ccncc1. The number of hydrogen-bond acceptors (Lipinski definition) is 4. The van der Waals surface area contributed by atoms with Crippen LogP contribution < -0.4 is 5.32 Å². The van der Waals surface area contributed by atoms with Crippen molar-refractivity contribution in [3.63, 3.8) is 0 Å². The average Bonchev–Trinajstić information content (AvgIpc) is 2.64. The van der Waals surface area contributed by atoms with Crippen LogP contribution in [0.4, 0.5) is 4.39 Å². The van der Waals surface area contributed by atoms with E-state index in [1.807, 2.05) is 0 Å². The first-order chi connectivity index (χ1) is 12.4. The number of carbonyl (C=O) groups is 1. The number of halogens is 1. The molecule has 1 amide bonds. The van der Waals surface area contributed by atoms with Crippen molar-refractivity contribution in [2.75, 3.05) is 20.7 Å². The molecular weight excluding hydrogens is 333 g/mol. The zero-order valence-corrected chi connectivity index (χ0v) is 14.8. The summed E-state index contributed by atoms with van der Waals surface area (Å²) in [6.07, 6.45) is 4.95. The van der Waals surface area contributed by atoms with Crippen LogP contribution in [0.25, 0.3) is 5.57 Å². The monoisotopic (exact) mass is 355 g/mol. The molecule has 1 unspecified atom stereocenters. The van der Waals surface area contributed by atoms with Crippen LogP contribution in [0.3, 0.4) is 0 Å². The molecule has 1 aromatic carbocycles. The lowest BCUT2D eigenvalue weighted by atomic mass is 10.1. The Balaban J connectivity index is 2.22. The summed E-state index contributed by atoms with van der Waals surface area (Å²) in [6, 6.07) is 8.67. The number of aromatic nitrogens is 1. The summed E-state index contributed by atoms with van der Waals surface area (Å²) < 4.78 is 13.4. The summed E-state index contributed by atoms with van der Waals surface area (Å²) in [6.45, 7) is 3.64. The fourth-order valence-corrected chi connectivity index (χ4v) is 2.40. The van der Waals surface area contributed by atoms with Crippen LogP contribution in [-0.2, 0) is 4.79 Å². The molecule has 1 aromatic heterocycles. The van der Waals surface area contributed by atoms with Crippen LogP contribution in [0, 0.1) is 5.82 Å². The zero-order valence-electron chi connectivity index (χ0n) is 14.8. The molecule has 0 spiro atoms. The van der Waals surface area contributed by atoms with Gasteiger partial charge in [0, 0.05) is 26.5 Å². The molecule has 2 N–H and O–H groups in total. The second-order valence-corrected chi connectivity index (χ2v) is 5.95. The van der Waals surface area contributed by atoms with Crippen molar-refractivity contribution >= 4 is 11.5 Å². The molecule has 2 aromatic rings. The number of pyridine rings is 1. The van der Waals surface area contributed by atoms with Crippen molar-refractivity contribution < 1.29 is 14.3 Å². The number of hydrogen-bond donors (Lipinski definition) is 2. The van der Waals surface area contributed by atoms with Crippen molar-refractivity contribution in [2.45, 2.75) is 6.04 Å². The highest BCUT2D eigenvalue weighted by molar-refractivity contribution is 5.96. The minimum atomic E-state index is -0.712. The maximum absolute atomic E-state index is 13.4. The lowest BCUT2D eigenvalue weighted by molar-refractivity contribution is -0.119. The lowest BCUT2D eigenvalue weighted by Crippen LogP contribution is -2.35. The summed E-state index contributed by atoms with van der Waals surface area (Å²) in [4.78, 5) is 18.3. The fraction of sp³-hybridized carbons (Fsp3) is 0.200. The van der Waals surface area contributed by atoms with E-state index in [1.165, 1.54) is 18.2 Å². The Hall–Kier alpha value is -2.99. The van der Waals surface area contributed by atoms with Gasteiger partial charge in [-0.2, -0.15) is 0 Å². The van der Waals surface area contributed by atoms with Gasteiger partial charge in [0.15, 0.2) is 0 Å². The third kappa shape index (κ3) is 5.00. The van der Waals surface area contributed by atoms with E-state index in [9.17, 15) is 14.3 Å². The molecule has 0 bridgehead atoms. The predicted molar refractivity (Wildman–Crippen MR) is 99.4 cm³/mol. The van der Waals surface area contributed by atoms with E-state index in [0.717, 1.165) is 5.56 Å². The van der Waals surface area contributed by atoms with E-state index in [1.54, 1.807) is 55.7 Å². The number of benzene rings is 1. The molecule has 0 fully saturated rings. The number of rotatable bonds is 7. The van der Waals surface area contributed by atoms with E-state index in [0.29, 0.717) is 16.8 Å². The Morgan fingerprint density at radius 3 is 2.62 bits per heavy atom. The van der Waals surface area contributed by atoms with Crippen molar-refractivity contribution in [1.29, 1.82) is 0 Å². The minimum Gasteiger partial charge on any atom is -0.394 e. The molecule has 1 atom stereocenters. The number of nitrogens with zero attached hydrogens (tertiary/aromatic N) is 2. The molecule has 0 aliphatic rings. The number of allylic oxidation sites excluding steroid dienone is 2. The third-order valence-corrected chi connectivity index (χ3v) is 3.82. The van der Waals surface area contributed by atoms with Gasteiger partial charge in [-0.3, -0.25) is 9.78 Å². The van der Waals surface area contributed by atoms with Crippen LogP contribution in [0.15, 0.2) is 67.1 Å². The molecule has 0 saturated heterocycles. The van der Waals surface area contributed by atoms with Gasteiger partial charge in [0.25, 0.3) is 5.91 Å². The normalized spacial score (nSPS) is 12.4. The summed E-state index contributed by atoms with van der Waals surface area (Å²) in [5.74, 6) is -0.821. The number of carbonyl (C=O) groups excluding carboxylic acids is 1. The Kier molecular flexibility index (Phi) is 6.63. The Labute approximate surface area is 152 Å². The van der Waals surface area contributed by atoms with Gasteiger partial charge in [-0.05, 0) is 47.0 Å². The van der Waals surface area contributed by atoms with Gasteiger partial charge in [-0.25, -0.2) is 4.39 Å². The Morgan fingerprint density at radius 1 is 1.35 bits per heavy atom. The minimum absolute atomic E-state index is 0.346. The topological polar surface area (TPSA) is 65.5 Å². The van der Waals surface area contributed by atoms with Gasteiger partial charge < -0.3 is 15.3 Å². The summed E-state index contributed by atoms with van der Waals surface area (Å²) in [5, 5.41) is 12.3. The number of likely N-dealkylation sites (N-methyl/N-ethyl adjacent to an activating group) is 1. The molecule has 0 aliphatic carbocycles. The number of aliphatic hydroxyl groups excluding tert-OH is 1. The van der Waals surface area contributed by atoms with E-state index in [-0.39, 0.29) is 6.61 Å². The summed E-state index contributed by atoms with van der Waals surface area (Å²) in [5.41, 5.74) is 2.35. The van der Waals surface area contributed by atoms with Gasteiger partial charge >= 0.3 is 0 Å².